The van der Waals surface area contributed by atoms with Crippen LogP contribution in [0.25, 0.3) is 10.9 Å². The number of nitrogens with zero attached hydrogens (tertiary/aromatic N) is 1. The largest absolute Gasteiger partial charge is 0.573 e. The van der Waals surface area contributed by atoms with Gasteiger partial charge in [0.2, 0.25) is 5.60 Å². The Morgan fingerprint density at radius 3 is 2.20 bits per heavy atom. The monoisotopic (exact) mass is 569 g/mol. The number of carboxylic acids is 1. The number of methoxy groups -OCH3 is 1. The number of alkyl halides is 3. The fourth-order valence-electron chi connectivity index (χ4n) is 4.86. The number of ketones is 1. The normalized spacial score (nSPS) is 13.0. The standard InChI is InChI=1S/C31H30F3NO6/c1-5-15-30(3,29(37)38)40-23-8-6-7-20(16-23)18-35-19(2)27(28(36)21-9-11-22(39-4)12-10-21)25-14-13-24(17-26(25)35)41-31(32,33)34/h6-14,16-17H,5,15,18H2,1-4H3,(H,37,38). The summed E-state index contributed by atoms with van der Waals surface area (Å²) >= 11 is 0. The van der Waals surface area contributed by atoms with Gasteiger partial charge in [-0.25, -0.2) is 4.79 Å². The Kier molecular flexibility index (Phi) is 8.32. The minimum absolute atomic E-state index is 0.169. The van der Waals surface area contributed by atoms with Gasteiger partial charge in [-0.05, 0) is 74.4 Å². The molecule has 3 aromatic carbocycles. The van der Waals surface area contributed by atoms with Crippen LogP contribution in [-0.2, 0) is 11.3 Å². The van der Waals surface area contributed by atoms with E-state index in [2.05, 4.69) is 4.74 Å². The summed E-state index contributed by atoms with van der Waals surface area (Å²) in [5, 5.41) is 10.2. The van der Waals surface area contributed by atoms with E-state index in [9.17, 15) is 27.9 Å². The third-order valence-electron chi connectivity index (χ3n) is 6.87. The molecule has 0 aliphatic rings. The molecule has 0 aliphatic carbocycles. The highest BCUT2D eigenvalue weighted by molar-refractivity contribution is 6.17. The van der Waals surface area contributed by atoms with Gasteiger partial charge in [0.05, 0.1) is 18.2 Å². The van der Waals surface area contributed by atoms with E-state index in [1.54, 1.807) is 60.0 Å². The van der Waals surface area contributed by atoms with Crippen molar-refractivity contribution in [2.24, 2.45) is 0 Å². The summed E-state index contributed by atoms with van der Waals surface area (Å²) in [4.78, 5) is 25.5. The average molecular weight is 570 g/mol. The van der Waals surface area contributed by atoms with Crippen LogP contribution in [0.15, 0.2) is 66.7 Å². The second-order valence-electron chi connectivity index (χ2n) is 9.87. The first-order valence-electron chi connectivity index (χ1n) is 12.9. The summed E-state index contributed by atoms with van der Waals surface area (Å²) < 4.78 is 56.0. The number of aliphatic carboxylic acids is 1. The molecule has 1 heterocycles. The third-order valence-corrected chi connectivity index (χ3v) is 6.87. The lowest BCUT2D eigenvalue weighted by molar-refractivity contribution is -0.274. The Bertz CT molecular complexity index is 1580. The Morgan fingerprint density at radius 1 is 0.927 bits per heavy atom. The molecule has 10 heteroatoms. The van der Waals surface area contributed by atoms with Crippen LogP contribution in [0.4, 0.5) is 13.2 Å². The van der Waals surface area contributed by atoms with Gasteiger partial charge in [-0.3, -0.25) is 4.79 Å². The zero-order valence-corrected chi connectivity index (χ0v) is 23.0. The first kappa shape index (κ1) is 29.5. The van der Waals surface area contributed by atoms with Crippen molar-refractivity contribution in [3.8, 4) is 17.2 Å². The highest BCUT2D eigenvalue weighted by Gasteiger charge is 2.35. The fourth-order valence-corrected chi connectivity index (χ4v) is 4.86. The van der Waals surface area contributed by atoms with Gasteiger partial charge in [-0.2, -0.15) is 0 Å². The summed E-state index contributed by atoms with van der Waals surface area (Å²) in [6.45, 7) is 5.27. The number of ether oxygens (including phenoxy) is 3. The first-order chi connectivity index (χ1) is 19.3. The lowest BCUT2D eigenvalue weighted by atomic mass is 10.0. The number of aromatic nitrogens is 1. The van der Waals surface area contributed by atoms with E-state index >= 15 is 0 Å². The second kappa shape index (κ2) is 11.6. The number of hydrogen-bond acceptors (Lipinski definition) is 5. The lowest BCUT2D eigenvalue weighted by Crippen LogP contribution is -2.41. The van der Waals surface area contributed by atoms with Gasteiger partial charge in [0.1, 0.15) is 17.2 Å². The molecule has 1 N–H and O–H groups in total. The molecule has 0 radical (unpaired) electrons. The number of benzene rings is 3. The SMILES string of the molecule is CCCC(C)(Oc1cccc(Cn2c(C)c(C(=O)c3ccc(OC)cc3)c3ccc(OC(F)(F)F)cc32)c1)C(=O)O. The zero-order valence-electron chi connectivity index (χ0n) is 23.0. The molecule has 0 spiro atoms. The van der Waals surface area contributed by atoms with Crippen LogP contribution in [0.1, 0.15) is 53.9 Å². The summed E-state index contributed by atoms with van der Waals surface area (Å²) in [6, 6.07) is 17.3. The molecule has 0 aliphatic heterocycles. The van der Waals surface area contributed by atoms with Gasteiger partial charge in [0, 0.05) is 29.3 Å². The molecule has 7 nitrogen and oxygen atoms in total. The highest BCUT2D eigenvalue weighted by Crippen LogP contribution is 2.34. The molecule has 1 atom stereocenters. The quantitative estimate of drug-likeness (QED) is 0.193. The Labute approximate surface area is 235 Å². The van der Waals surface area contributed by atoms with Gasteiger partial charge in [0.15, 0.2) is 5.78 Å². The van der Waals surface area contributed by atoms with Crippen LogP contribution in [0.3, 0.4) is 0 Å². The van der Waals surface area contributed by atoms with Crippen LogP contribution < -0.4 is 14.2 Å². The predicted molar refractivity (Wildman–Crippen MR) is 147 cm³/mol. The molecule has 1 unspecified atom stereocenters. The Hall–Kier alpha value is -4.47. The maximum absolute atomic E-state index is 13.7. The molecule has 0 bridgehead atoms. The van der Waals surface area contributed by atoms with E-state index in [-0.39, 0.29) is 12.3 Å². The number of halogens is 3. The van der Waals surface area contributed by atoms with E-state index in [1.807, 2.05) is 6.92 Å². The van der Waals surface area contributed by atoms with Gasteiger partial charge < -0.3 is 23.9 Å². The topological polar surface area (TPSA) is 87.0 Å². The van der Waals surface area contributed by atoms with Crippen molar-refractivity contribution in [1.82, 2.24) is 4.57 Å². The average Bonchev–Trinajstić information content (AvgIpc) is 3.18. The lowest BCUT2D eigenvalue weighted by Gasteiger charge is -2.26. The zero-order chi connectivity index (χ0) is 29.9. The van der Waals surface area contributed by atoms with Gasteiger partial charge in [-0.1, -0.05) is 25.5 Å². The number of fused-ring (bicyclic) bond motifs is 1. The van der Waals surface area contributed by atoms with Gasteiger partial charge >= 0.3 is 12.3 Å². The Morgan fingerprint density at radius 2 is 1.59 bits per heavy atom. The summed E-state index contributed by atoms with van der Waals surface area (Å²) in [5.74, 6) is -0.885. The minimum atomic E-state index is -4.89. The Balaban J connectivity index is 1.79. The van der Waals surface area contributed by atoms with Crippen molar-refractivity contribution in [2.75, 3.05) is 7.11 Å². The van der Waals surface area contributed by atoms with E-state index in [4.69, 9.17) is 9.47 Å². The maximum Gasteiger partial charge on any atom is 0.573 e. The van der Waals surface area contributed by atoms with E-state index in [0.717, 1.165) is 0 Å². The summed E-state index contributed by atoms with van der Waals surface area (Å²) in [7, 11) is 1.52. The number of carbonyl (C=O) groups is 2. The molecule has 4 rings (SSSR count). The second-order valence-corrected chi connectivity index (χ2v) is 9.87. The predicted octanol–water partition coefficient (Wildman–Crippen LogP) is 7.16. The maximum atomic E-state index is 13.7. The van der Waals surface area contributed by atoms with E-state index in [0.29, 0.717) is 57.6 Å². The number of carboxylic acid groups (broad SMARTS) is 1. The van der Waals surface area contributed by atoms with E-state index in [1.165, 1.54) is 32.2 Å². The molecule has 216 valence electrons. The van der Waals surface area contributed by atoms with Crippen molar-refractivity contribution in [1.29, 1.82) is 0 Å². The molecule has 0 fully saturated rings. The third kappa shape index (κ3) is 6.48. The van der Waals surface area contributed by atoms with Crippen LogP contribution in [0.5, 0.6) is 17.2 Å². The molecule has 1 aromatic heterocycles. The number of rotatable bonds is 11. The molecule has 0 amide bonds. The van der Waals surface area contributed by atoms with Crippen LogP contribution in [0, 0.1) is 6.92 Å². The van der Waals surface area contributed by atoms with Crippen LogP contribution in [0.2, 0.25) is 0 Å². The minimum Gasteiger partial charge on any atom is -0.497 e. The first-order valence-corrected chi connectivity index (χ1v) is 12.9. The summed E-state index contributed by atoms with van der Waals surface area (Å²) in [6.07, 6.45) is -3.99. The van der Waals surface area contributed by atoms with Gasteiger partial charge in [0.25, 0.3) is 0 Å². The number of carbonyl (C=O) groups excluding carboxylic acids is 1. The van der Waals surface area contributed by atoms with Crippen molar-refractivity contribution in [3.05, 3.63) is 89.1 Å². The van der Waals surface area contributed by atoms with Crippen LogP contribution >= 0.6 is 0 Å². The summed E-state index contributed by atoms with van der Waals surface area (Å²) in [5.41, 5.74) is 0.912. The molecule has 4 aromatic rings. The van der Waals surface area contributed by atoms with Gasteiger partial charge in [-0.15, -0.1) is 13.2 Å². The van der Waals surface area contributed by atoms with Crippen molar-refractivity contribution in [3.63, 3.8) is 0 Å². The van der Waals surface area contributed by atoms with Crippen LogP contribution in [-0.4, -0.2) is 40.5 Å². The molecule has 0 saturated heterocycles. The van der Waals surface area contributed by atoms with Crippen molar-refractivity contribution >= 4 is 22.7 Å². The molecule has 41 heavy (non-hydrogen) atoms. The number of hydrogen-bond donors (Lipinski definition) is 1. The fraction of sp³-hybridized carbons (Fsp3) is 0.290. The molecular formula is C31H30F3NO6. The van der Waals surface area contributed by atoms with Crippen molar-refractivity contribution in [2.45, 2.75) is 52.1 Å². The highest BCUT2D eigenvalue weighted by atomic mass is 19.4. The van der Waals surface area contributed by atoms with Crippen molar-refractivity contribution < 1.29 is 42.1 Å². The smallest absolute Gasteiger partial charge is 0.497 e. The van der Waals surface area contributed by atoms with E-state index < -0.39 is 23.7 Å². The molecule has 0 saturated carbocycles. The molecular weight excluding hydrogens is 539 g/mol.